The molecule has 25 heavy (non-hydrogen) atoms. The molecule has 10 heteroatoms. The van der Waals surface area contributed by atoms with Crippen LogP contribution in [0.3, 0.4) is 0 Å². The molecule has 0 amide bonds. The lowest BCUT2D eigenvalue weighted by Crippen LogP contribution is -2.13. The van der Waals surface area contributed by atoms with Crippen molar-refractivity contribution in [2.45, 2.75) is 10.1 Å². The van der Waals surface area contributed by atoms with Crippen molar-refractivity contribution in [3.63, 3.8) is 0 Å². The third kappa shape index (κ3) is 2.53. The van der Waals surface area contributed by atoms with Crippen LogP contribution in [0.5, 0.6) is 0 Å². The van der Waals surface area contributed by atoms with E-state index < -0.39 is 9.84 Å². The van der Waals surface area contributed by atoms with Gasteiger partial charge in [0, 0.05) is 11.5 Å². The van der Waals surface area contributed by atoms with E-state index in [1.807, 2.05) is 0 Å². The zero-order valence-electron chi connectivity index (χ0n) is 12.9. The molecule has 0 bridgehead atoms. The van der Waals surface area contributed by atoms with Gasteiger partial charge in [-0.05, 0) is 40.8 Å². The Morgan fingerprint density at radius 3 is 2.52 bits per heavy atom. The monoisotopic (exact) mass is 418 g/mol. The van der Waals surface area contributed by atoms with Gasteiger partial charge in [0.05, 0.1) is 15.9 Å². The van der Waals surface area contributed by atoms with Crippen LogP contribution in [0.1, 0.15) is 0 Å². The van der Waals surface area contributed by atoms with E-state index in [0.717, 1.165) is 4.47 Å². The van der Waals surface area contributed by atoms with Crippen molar-refractivity contribution in [2.75, 3.05) is 0 Å². The summed E-state index contributed by atoms with van der Waals surface area (Å²) in [5.41, 5.74) is 1.11. The number of imidazole rings is 1. The van der Waals surface area contributed by atoms with Crippen molar-refractivity contribution < 1.29 is 8.42 Å². The molecule has 0 aliphatic heterocycles. The minimum Gasteiger partial charge on any atom is -0.249 e. The number of aromatic nitrogens is 6. The van der Waals surface area contributed by atoms with Gasteiger partial charge in [-0.3, -0.25) is 0 Å². The highest BCUT2D eigenvalue weighted by Crippen LogP contribution is 2.29. The van der Waals surface area contributed by atoms with Gasteiger partial charge in [0.1, 0.15) is 0 Å². The summed E-state index contributed by atoms with van der Waals surface area (Å²) < 4.78 is 29.9. The summed E-state index contributed by atoms with van der Waals surface area (Å²) in [4.78, 5) is 4.50. The summed E-state index contributed by atoms with van der Waals surface area (Å²) in [6.07, 6.45) is 0. The van der Waals surface area contributed by atoms with Crippen LogP contribution in [0.4, 0.5) is 0 Å². The van der Waals surface area contributed by atoms with Crippen molar-refractivity contribution in [1.82, 2.24) is 29.8 Å². The lowest BCUT2D eigenvalue weighted by atomic mass is 10.3. The van der Waals surface area contributed by atoms with Crippen molar-refractivity contribution in [2.24, 2.45) is 7.05 Å². The summed E-state index contributed by atoms with van der Waals surface area (Å²) >= 11 is 3.40. The molecule has 0 saturated heterocycles. The topological polar surface area (TPSA) is 95.6 Å². The van der Waals surface area contributed by atoms with Gasteiger partial charge in [-0.15, -0.1) is 0 Å². The van der Waals surface area contributed by atoms with Gasteiger partial charge in [-0.25, -0.2) is 22.7 Å². The Kier molecular flexibility index (Phi) is 3.65. The first-order valence-electron chi connectivity index (χ1n) is 7.19. The first-order chi connectivity index (χ1) is 12.0. The first kappa shape index (κ1) is 15.9. The second-order valence-corrected chi connectivity index (χ2v) is 8.04. The van der Waals surface area contributed by atoms with Crippen LogP contribution in [-0.4, -0.2) is 38.2 Å². The largest absolute Gasteiger partial charge is 0.256 e. The molecule has 0 radical (unpaired) electrons. The minimum absolute atomic E-state index is 0.135. The summed E-state index contributed by atoms with van der Waals surface area (Å²) in [6.45, 7) is 0. The maximum Gasteiger partial charge on any atom is 0.256 e. The molecule has 0 aliphatic rings. The van der Waals surface area contributed by atoms with Crippen molar-refractivity contribution in [3.8, 4) is 5.95 Å². The van der Waals surface area contributed by atoms with Crippen LogP contribution in [0.2, 0.25) is 0 Å². The molecule has 2 aromatic carbocycles. The molecule has 0 atom stereocenters. The lowest BCUT2D eigenvalue weighted by molar-refractivity contribution is 0.581. The maximum absolute atomic E-state index is 13.1. The standard InChI is InChI=1S/C15H11BrN6O2S/c1-21-14(18-19-20-21)22-13-9-10(16)7-8-12(13)17-15(22)25(23,24)11-5-3-2-4-6-11/h2-9H,1H3. The second kappa shape index (κ2) is 5.74. The van der Waals surface area contributed by atoms with Crippen LogP contribution < -0.4 is 0 Å². The molecule has 4 aromatic rings. The molecule has 2 aromatic heterocycles. The molecule has 0 fully saturated rings. The molecule has 0 saturated carbocycles. The normalized spacial score (nSPS) is 11.9. The Bertz CT molecular complexity index is 1180. The molecule has 0 N–H and O–H groups in total. The fraction of sp³-hybridized carbons (Fsp3) is 0.0667. The predicted octanol–water partition coefficient (Wildman–Crippen LogP) is 2.14. The summed E-state index contributed by atoms with van der Waals surface area (Å²) in [5.74, 6) is 0.259. The Balaban J connectivity index is 2.10. The van der Waals surface area contributed by atoms with Gasteiger partial charge in [-0.2, -0.15) is 0 Å². The third-order valence-corrected chi connectivity index (χ3v) is 5.82. The number of sulfone groups is 1. The number of hydrogen-bond donors (Lipinski definition) is 0. The SMILES string of the molecule is Cn1nnnc1-n1c(S(=O)(=O)c2ccccc2)nc2ccc(Br)cc21. The van der Waals surface area contributed by atoms with Gasteiger partial charge in [0.25, 0.3) is 5.95 Å². The highest BCUT2D eigenvalue weighted by molar-refractivity contribution is 9.10. The Morgan fingerprint density at radius 2 is 1.84 bits per heavy atom. The quantitative estimate of drug-likeness (QED) is 0.505. The second-order valence-electron chi connectivity index (χ2n) is 5.28. The van der Waals surface area contributed by atoms with Crippen molar-refractivity contribution in [3.05, 3.63) is 53.0 Å². The molecular weight excluding hydrogens is 408 g/mol. The van der Waals surface area contributed by atoms with Crippen molar-refractivity contribution in [1.29, 1.82) is 0 Å². The van der Waals surface area contributed by atoms with Crippen LogP contribution in [0.15, 0.2) is 63.1 Å². The average molecular weight is 419 g/mol. The van der Waals surface area contributed by atoms with Crippen LogP contribution in [0.25, 0.3) is 17.0 Å². The summed E-state index contributed by atoms with van der Waals surface area (Å²) in [7, 11) is -2.22. The van der Waals surface area contributed by atoms with Gasteiger partial charge < -0.3 is 0 Å². The third-order valence-electron chi connectivity index (χ3n) is 3.68. The maximum atomic E-state index is 13.1. The average Bonchev–Trinajstić information content (AvgIpc) is 3.18. The van der Waals surface area contributed by atoms with Gasteiger partial charge in [0.2, 0.25) is 15.0 Å². The van der Waals surface area contributed by atoms with E-state index >= 15 is 0 Å². The first-order valence-corrected chi connectivity index (χ1v) is 9.47. The Morgan fingerprint density at radius 1 is 1.08 bits per heavy atom. The molecular formula is C15H11BrN6O2S. The van der Waals surface area contributed by atoms with E-state index in [0.29, 0.717) is 11.0 Å². The zero-order valence-corrected chi connectivity index (χ0v) is 15.3. The smallest absolute Gasteiger partial charge is 0.249 e. The Labute approximate surface area is 151 Å². The van der Waals surface area contributed by atoms with E-state index in [4.69, 9.17) is 0 Å². The van der Waals surface area contributed by atoms with Gasteiger partial charge >= 0.3 is 0 Å². The van der Waals surface area contributed by atoms with E-state index in [9.17, 15) is 8.42 Å². The van der Waals surface area contributed by atoms with E-state index in [1.54, 1.807) is 43.4 Å². The number of halogens is 1. The molecule has 126 valence electrons. The highest BCUT2D eigenvalue weighted by atomic mass is 79.9. The number of rotatable bonds is 3. The van der Waals surface area contributed by atoms with Crippen LogP contribution in [-0.2, 0) is 16.9 Å². The van der Waals surface area contributed by atoms with E-state index in [1.165, 1.54) is 21.4 Å². The number of benzene rings is 2. The summed E-state index contributed by atoms with van der Waals surface area (Å²) in [6, 6.07) is 13.5. The van der Waals surface area contributed by atoms with Crippen molar-refractivity contribution >= 4 is 36.8 Å². The number of aryl methyl sites for hydroxylation is 1. The fourth-order valence-corrected chi connectivity index (χ4v) is 4.23. The van der Waals surface area contributed by atoms with E-state index in [2.05, 4.69) is 36.4 Å². The zero-order chi connectivity index (χ0) is 17.6. The number of nitrogens with zero attached hydrogens (tertiary/aromatic N) is 6. The van der Waals surface area contributed by atoms with Crippen LogP contribution >= 0.6 is 15.9 Å². The molecule has 0 unspecified atom stereocenters. The fourth-order valence-electron chi connectivity index (χ4n) is 2.52. The van der Waals surface area contributed by atoms with E-state index in [-0.39, 0.29) is 16.0 Å². The van der Waals surface area contributed by atoms with Gasteiger partial charge in [-0.1, -0.05) is 39.2 Å². The minimum atomic E-state index is -3.86. The predicted molar refractivity (Wildman–Crippen MR) is 93.0 cm³/mol. The number of fused-ring (bicyclic) bond motifs is 1. The number of hydrogen-bond acceptors (Lipinski definition) is 6. The molecule has 0 aliphatic carbocycles. The lowest BCUT2D eigenvalue weighted by Gasteiger charge is -2.08. The Hall–Kier alpha value is -2.59. The molecule has 8 nitrogen and oxygen atoms in total. The number of tetrazole rings is 1. The molecule has 0 spiro atoms. The highest BCUT2D eigenvalue weighted by Gasteiger charge is 2.28. The molecule has 2 heterocycles. The molecule has 4 rings (SSSR count). The summed E-state index contributed by atoms with van der Waals surface area (Å²) in [5, 5.41) is 11.2. The van der Waals surface area contributed by atoms with Gasteiger partial charge in [0.15, 0.2) is 0 Å². The van der Waals surface area contributed by atoms with Crippen LogP contribution in [0, 0.1) is 0 Å².